The van der Waals surface area contributed by atoms with E-state index in [1.807, 2.05) is 35.6 Å². The van der Waals surface area contributed by atoms with Crippen LogP contribution in [0.5, 0.6) is 5.75 Å². The van der Waals surface area contributed by atoms with Gasteiger partial charge in [0, 0.05) is 41.4 Å². The summed E-state index contributed by atoms with van der Waals surface area (Å²) in [5.41, 5.74) is 1.05. The van der Waals surface area contributed by atoms with Crippen molar-refractivity contribution in [2.45, 2.75) is 32.9 Å². The summed E-state index contributed by atoms with van der Waals surface area (Å²) in [6.07, 6.45) is 0.990. The minimum absolute atomic E-state index is 0. The Morgan fingerprint density at radius 2 is 2.00 bits per heavy atom. The van der Waals surface area contributed by atoms with Gasteiger partial charge in [-0.05, 0) is 32.0 Å². The Labute approximate surface area is 183 Å². The van der Waals surface area contributed by atoms with E-state index in [1.54, 1.807) is 14.2 Å². The summed E-state index contributed by atoms with van der Waals surface area (Å²) in [7, 11) is 3.46. The molecule has 0 aliphatic heterocycles. The second kappa shape index (κ2) is 13.0. The van der Waals surface area contributed by atoms with E-state index < -0.39 is 0 Å². The normalized spacial score (nSPS) is 12.2. The van der Waals surface area contributed by atoms with E-state index in [-0.39, 0.29) is 24.0 Å². The summed E-state index contributed by atoms with van der Waals surface area (Å²) in [6.45, 7) is 6.13. The third-order valence-electron chi connectivity index (χ3n) is 3.90. The number of aliphatic imine (C=N–C) groups is 1. The van der Waals surface area contributed by atoms with Crippen LogP contribution in [0.3, 0.4) is 0 Å². The van der Waals surface area contributed by atoms with E-state index in [2.05, 4.69) is 41.6 Å². The molecule has 1 unspecified atom stereocenters. The van der Waals surface area contributed by atoms with Gasteiger partial charge in [-0.25, -0.2) is 0 Å². The molecule has 1 aromatic heterocycles. The maximum absolute atomic E-state index is 5.74. The minimum atomic E-state index is 0. The van der Waals surface area contributed by atoms with Crippen molar-refractivity contribution in [2.75, 3.05) is 27.3 Å². The van der Waals surface area contributed by atoms with Crippen molar-refractivity contribution in [1.29, 1.82) is 0 Å². The molecule has 7 heteroatoms. The second-order valence-electron chi connectivity index (χ2n) is 6.13. The Morgan fingerprint density at radius 3 is 2.67 bits per heavy atom. The molecule has 0 aliphatic rings. The smallest absolute Gasteiger partial charge is 0.191 e. The summed E-state index contributed by atoms with van der Waals surface area (Å²) in [5.74, 6) is 1.65. The summed E-state index contributed by atoms with van der Waals surface area (Å²) in [4.78, 5) is 7.02. The van der Waals surface area contributed by atoms with Crippen LogP contribution in [0.25, 0.3) is 0 Å². The first-order valence-corrected chi connectivity index (χ1v) is 9.66. The second-order valence-corrected chi connectivity index (χ2v) is 7.50. The Balaban J connectivity index is 0.00000364. The van der Waals surface area contributed by atoms with Crippen molar-refractivity contribution in [3.05, 3.63) is 51.7 Å². The first kappa shape index (κ1) is 23.7. The zero-order valence-corrected chi connectivity index (χ0v) is 19.6. The molecule has 0 amide bonds. The van der Waals surface area contributed by atoms with Crippen molar-refractivity contribution in [1.82, 2.24) is 10.6 Å². The zero-order chi connectivity index (χ0) is 18.8. The summed E-state index contributed by atoms with van der Waals surface area (Å²) < 4.78 is 11.1. The van der Waals surface area contributed by atoms with Crippen molar-refractivity contribution in [2.24, 2.45) is 4.99 Å². The van der Waals surface area contributed by atoms with Crippen LogP contribution >= 0.6 is 35.3 Å². The number of halogens is 1. The van der Waals surface area contributed by atoms with Gasteiger partial charge in [-0.15, -0.1) is 35.3 Å². The Morgan fingerprint density at radius 1 is 1.22 bits per heavy atom. The van der Waals surface area contributed by atoms with Gasteiger partial charge in [-0.3, -0.25) is 4.99 Å². The van der Waals surface area contributed by atoms with E-state index in [1.165, 1.54) is 9.75 Å². The van der Waals surface area contributed by atoms with E-state index in [9.17, 15) is 0 Å². The lowest BCUT2D eigenvalue weighted by Crippen LogP contribution is -2.44. The maximum Gasteiger partial charge on any atom is 0.191 e. The van der Waals surface area contributed by atoms with Gasteiger partial charge in [0.05, 0.1) is 20.3 Å². The van der Waals surface area contributed by atoms with E-state index in [0.717, 1.165) is 23.7 Å². The summed E-state index contributed by atoms with van der Waals surface area (Å²) in [6, 6.07) is 12.6. The highest BCUT2D eigenvalue weighted by atomic mass is 127. The number of hydrogen-bond donors (Lipinski definition) is 2. The van der Waals surface area contributed by atoms with Gasteiger partial charge in [0.2, 0.25) is 0 Å². The third-order valence-corrected chi connectivity index (χ3v) is 4.92. The average molecular weight is 503 g/mol. The van der Waals surface area contributed by atoms with Crippen LogP contribution in [0.1, 0.15) is 22.2 Å². The number of aryl methyl sites for hydroxylation is 1. The van der Waals surface area contributed by atoms with Crippen LogP contribution in [-0.2, 0) is 17.8 Å². The lowest BCUT2D eigenvalue weighted by atomic mass is 10.2. The molecular formula is C20H30IN3O2S. The quantitative estimate of drug-likeness (QED) is 0.235. The van der Waals surface area contributed by atoms with Gasteiger partial charge in [0.1, 0.15) is 5.75 Å². The highest BCUT2D eigenvalue weighted by Crippen LogP contribution is 2.18. The highest BCUT2D eigenvalue weighted by Gasteiger charge is 2.08. The van der Waals surface area contributed by atoms with Crippen LogP contribution in [0.4, 0.5) is 0 Å². The Bertz CT molecular complexity index is 706. The number of nitrogens with one attached hydrogen (secondary N) is 2. The maximum atomic E-state index is 5.74. The first-order valence-electron chi connectivity index (χ1n) is 8.84. The fourth-order valence-electron chi connectivity index (χ4n) is 2.62. The minimum Gasteiger partial charge on any atom is -0.496 e. The number of nitrogens with zero attached hydrogens (tertiary/aromatic N) is 1. The fraction of sp³-hybridized carbons (Fsp3) is 0.450. The molecule has 1 atom stereocenters. The van der Waals surface area contributed by atoms with Crippen LogP contribution < -0.4 is 15.4 Å². The van der Waals surface area contributed by atoms with Crippen LogP contribution in [0.15, 0.2) is 41.4 Å². The molecule has 2 aromatic rings. The molecule has 1 aromatic carbocycles. The third kappa shape index (κ3) is 8.49. The molecule has 0 radical (unpaired) electrons. The van der Waals surface area contributed by atoms with E-state index in [0.29, 0.717) is 25.8 Å². The molecule has 0 spiro atoms. The molecule has 0 saturated carbocycles. The molecule has 2 rings (SSSR count). The fourth-order valence-corrected chi connectivity index (χ4v) is 3.64. The van der Waals surface area contributed by atoms with Crippen molar-refractivity contribution in [3.63, 3.8) is 0 Å². The topological polar surface area (TPSA) is 54.9 Å². The number of rotatable bonds is 9. The number of para-hydroxylation sites is 1. The van der Waals surface area contributed by atoms with Gasteiger partial charge in [0.15, 0.2) is 5.96 Å². The van der Waals surface area contributed by atoms with Crippen molar-refractivity contribution in [3.8, 4) is 5.75 Å². The summed E-state index contributed by atoms with van der Waals surface area (Å²) >= 11 is 1.85. The van der Waals surface area contributed by atoms with Gasteiger partial charge < -0.3 is 20.1 Å². The molecule has 1 heterocycles. The number of benzene rings is 1. The molecule has 27 heavy (non-hydrogen) atoms. The number of methoxy groups -OCH3 is 1. The first-order chi connectivity index (χ1) is 12.6. The van der Waals surface area contributed by atoms with Crippen LogP contribution in [0, 0.1) is 6.92 Å². The molecule has 2 N–H and O–H groups in total. The number of hydrogen-bond acceptors (Lipinski definition) is 4. The number of ether oxygens (including phenoxy) is 2. The predicted octanol–water partition coefficient (Wildman–Crippen LogP) is 4.00. The van der Waals surface area contributed by atoms with E-state index in [4.69, 9.17) is 9.47 Å². The van der Waals surface area contributed by atoms with Gasteiger partial charge in [-0.2, -0.15) is 0 Å². The van der Waals surface area contributed by atoms with Crippen LogP contribution in [-0.4, -0.2) is 39.3 Å². The molecule has 0 bridgehead atoms. The number of guanidine groups is 1. The highest BCUT2D eigenvalue weighted by molar-refractivity contribution is 14.0. The SMILES string of the molecule is CN=C(NCCOCc1ccccc1OC)NC(C)Cc1ccc(C)s1.I. The molecule has 0 fully saturated rings. The zero-order valence-electron chi connectivity index (χ0n) is 16.5. The lowest BCUT2D eigenvalue weighted by Gasteiger charge is -2.17. The van der Waals surface area contributed by atoms with Crippen molar-refractivity contribution < 1.29 is 9.47 Å². The monoisotopic (exact) mass is 503 g/mol. The van der Waals surface area contributed by atoms with Crippen molar-refractivity contribution >= 4 is 41.3 Å². The van der Waals surface area contributed by atoms with Gasteiger partial charge in [0.25, 0.3) is 0 Å². The van der Waals surface area contributed by atoms with Gasteiger partial charge in [-0.1, -0.05) is 18.2 Å². The molecule has 5 nitrogen and oxygen atoms in total. The Hall–Kier alpha value is -1.32. The molecular weight excluding hydrogens is 473 g/mol. The van der Waals surface area contributed by atoms with E-state index >= 15 is 0 Å². The molecule has 150 valence electrons. The summed E-state index contributed by atoms with van der Waals surface area (Å²) in [5, 5.41) is 6.71. The lowest BCUT2D eigenvalue weighted by molar-refractivity contribution is 0.123. The van der Waals surface area contributed by atoms with Gasteiger partial charge >= 0.3 is 0 Å². The van der Waals surface area contributed by atoms with Crippen LogP contribution in [0.2, 0.25) is 0 Å². The largest absolute Gasteiger partial charge is 0.496 e. The standard InChI is InChI=1S/C20H29N3O2S.HI/c1-15(13-18-10-9-16(2)26-18)23-20(21-3)22-11-12-25-14-17-7-5-6-8-19(17)24-4;/h5-10,15H,11-14H2,1-4H3,(H2,21,22,23);1H. The Kier molecular flexibility index (Phi) is 11.4. The molecule has 0 aliphatic carbocycles. The molecule has 0 saturated heterocycles. The predicted molar refractivity (Wildman–Crippen MR) is 125 cm³/mol. The average Bonchev–Trinajstić information content (AvgIpc) is 3.05. The number of thiophene rings is 1.